The highest BCUT2D eigenvalue weighted by molar-refractivity contribution is 7.99. The van der Waals surface area contributed by atoms with Gasteiger partial charge in [-0.1, -0.05) is 6.07 Å². The molecule has 158 valence electrons. The van der Waals surface area contributed by atoms with Crippen molar-refractivity contribution in [3.05, 3.63) is 41.5 Å². The van der Waals surface area contributed by atoms with Gasteiger partial charge < -0.3 is 29.2 Å². The average molecular weight is 430 g/mol. The van der Waals surface area contributed by atoms with Crippen molar-refractivity contribution in [3.63, 3.8) is 0 Å². The number of methoxy groups -OCH3 is 4. The maximum absolute atomic E-state index is 13.2. The Morgan fingerprint density at radius 2 is 1.70 bits per heavy atom. The molecule has 0 radical (unpaired) electrons. The minimum absolute atomic E-state index is 0.228. The fourth-order valence-corrected chi connectivity index (χ4v) is 5.29. The van der Waals surface area contributed by atoms with Gasteiger partial charge in [-0.25, -0.2) is 0 Å². The molecule has 0 aromatic heterocycles. The zero-order valence-electron chi connectivity index (χ0n) is 17.1. The number of fused-ring (bicyclic) bond motifs is 3. The molecule has 2 aromatic carbocycles. The van der Waals surface area contributed by atoms with Crippen LogP contribution in [0.2, 0.25) is 0 Å². The molecule has 2 amide bonds. The molecule has 1 fully saturated rings. The van der Waals surface area contributed by atoms with Crippen LogP contribution in [0.1, 0.15) is 21.3 Å². The summed E-state index contributed by atoms with van der Waals surface area (Å²) in [5.41, 5.74) is 1.86. The number of carbonyl (C=O) groups excluding carboxylic acids is 2. The van der Waals surface area contributed by atoms with Crippen LogP contribution in [-0.2, 0) is 4.79 Å². The summed E-state index contributed by atoms with van der Waals surface area (Å²) >= 11 is 1.56. The van der Waals surface area contributed by atoms with Crippen LogP contribution in [0.25, 0.3) is 0 Å². The van der Waals surface area contributed by atoms with Gasteiger partial charge in [0.1, 0.15) is 11.4 Å². The number of nitrogens with zero attached hydrogens (tertiary/aromatic N) is 1. The number of amides is 2. The van der Waals surface area contributed by atoms with Crippen LogP contribution in [-0.4, -0.2) is 56.9 Å². The number of hydrogen-bond donors (Lipinski definition) is 1. The van der Waals surface area contributed by atoms with Gasteiger partial charge in [-0.05, 0) is 18.2 Å². The monoisotopic (exact) mass is 430 g/mol. The molecule has 2 aliphatic rings. The molecule has 30 heavy (non-hydrogen) atoms. The van der Waals surface area contributed by atoms with Crippen molar-refractivity contribution in [2.24, 2.45) is 0 Å². The van der Waals surface area contributed by atoms with Crippen LogP contribution >= 0.6 is 11.8 Å². The highest BCUT2D eigenvalue weighted by Crippen LogP contribution is 2.52. The number of carbonyl (C=O) groups is 2. The van der Waals surface area contributed by atoms with E-state index in [0.29, 0.717) is 40.0 Å². The minimum atomic E-state index is -0.608. The first kappa shape index (κ1) is 20.2. The molecule has 2 aromatic rings. The third kappa shape index (κ3) is 3.09. The number of rotatable bonds is 6. The van der Waals surface area contributed by atoms with E-state index in [1.54, 1.807) is 48.0 Å². The number of thioether (sulfide) groups is 1. The molecular formula is C21H22N2O6S. The molecule has 0 spiro atoms. The lowest BCUT2D eigenvalue weighted by atomic mass is 10.1. The number of nitrogens with one attached hydrogen (secondary N) is 1. The largest absolute Gasteiger partial charge is 0.493 e. The first-order valence-corrected chi connectivity index (χ1v) is 10.3. The van der Waals surface area contributed by atoms with Gasteiger partial charge in [0.25, 0.3) is 5.91 Å². The zero-order chi connectivity index (χ0) is 21.4. The summed E-state index contributed by atoms with van der Waals surface area (Å²) in [6.45, 7) is 0. The third-order valence-corrected chi connectivity index (χ3v) is 6.55. The summed E-state index contributed by atoms with van der Waals surface area (Å²) in [7, 11) is 6.11. The SMILES string of the molecule is COc1ccc(NC(=O)[C@H]2CS[C@@H]3c4ccc(OC)c(OC)c4C(=O)N23)cc1OC. The molecule has 0 aliphatic carbocycles. The summed E-state index contributed by atoms with van der Waals surface area (Å²) in [4.78, 5) is 27.9. The molecule has 1 saturated heterocycles. The van der Waals surface area contributed by atoms with Gasteiger partial charge in [-0.15, -0.1) is 11.8 Å². The third-order valence-electron chi connectivity index (χ3n) is 5.25. The van der Waals surface area contributed by atoms with Crippen LogP contribution in [0, 0.1) is 0 Å². The molecule has 2 atom stereocenters. The zero-order valence-corrected chi connectivity index (χ0v) is 17.9. The maximum atomic E-state index is 13.2. The first-order chi connectivity index (χ1) is 14.5. The predicted molar refractivity (Wildman–Crippen MR) is 113 cm³/mol. The Balaban J connectivity index is 1.59. The number of anilines is 1. The van der Waals surface area contributed by atoms with E-state index in [9.17, 15) is 9.59 Å². The average Bonchev–Trinajstić information content (AvgIpc) is 3.32. The van der Waals surface area contributed by atoms with Crippen molar-refractivity contribution in [2.45, 2.75) is 11.4 Å². The van der Waals surface area contributed by atoms with Gasteiger partial charge in [0.15, 0.2) is 23.0 Å². The molecule has 0 bridgehead atoms. The Labute approximate surface area is 178 Å². The van der Waals surface area contributed by atoms with Crippen LogP contribution in [0.15, 0.2) is 30.3 Å². The van der Waals surface area contributed by atoms with Gasteiger partial charge in [0.2, 0.25) is 5.91 Å². The minimum Gasteiger partial charge on any atom is -0.493 e. The van der Waals surface area contributed by atoms with E-state index in [-0.39, 0.29) is 17.2 Å². The van der Waals surface area contributed by atoms with Crippen molar-refractivity contribution in [2.75, 3.05) is 39.5 Å². The van der Waals surface area contributed by atoms with Gasteiger partial charge >= 0.3 is 0 Å². The summed E-state index contributed by atoms with van der Waals surface area (Å²) in [5, 5.41) is 2.66. The summed E-state index contributed by atoms with van der Waals surface area (Å²) in [6.07, 6.45) is 0. The standard InChI is InChI=1S/C21H22N2O6S/c1-26-14-7-5-11(9-16(14)28-3)22-19(24)13-10-30-21-12-6-8-15(27-2)18(29-4)17(12)20(25)23(13)21/h5-9,13,21H,10H2,1-4H3,(H,22,24)/t13-,21-/m1/s1. The Kier molecular flexibility index (Phi) is 5.38. The first-order valence-electron chi connectivity index (χ1n) is 9.26. The molecule has 4 rings (SSSR count). The highest BCUT2D eigenvalue weighted by atomic mass is 32.2. The second-order valence-corrected chi connectivity index (χ2v) is 7.85. The normalized spacial score (nSPS) is 19.2. The second-order valence-electron chi connectivity index (χ2n) is 6.74. The van der Waals surface area contributed by atoms with Crippen molar-refractivity contribution in [1.82, 2.24) is 4.90 Å². The Morgan fingerprint density at radius 1 is 1.00 bits per heavy atom. The van der Waals surface area contributed by atoms with E-state index in [0.717, 1.165) is 5.56 Å². The highest BCUT2D eigenvalue weighted by Gasteiger charge is 2.50. The Bertz CT molecular complexity index is 1010. The second kappa shape index (κ2) is 7.98. The fraction of sp³-hybridized carbons (Fsp3) is 0.333. The maximum Gasteiger partial charge on any atom is 0.260 e. The van der Waals surface area contributed by atoms with Crippen molar-refractivity contribution >= 4 is 29.3 Å². The van der Waals surface area contributed by atoms with E-state index in [1.807, 2.05) is 6.07 Å². The molecule has 8 nitrogen and oxygen atoms in total. The van der Waals surface area contributed by atoms with E-state index >= 15 is 0 Å². The van der Waals surface area contributed by atoms with Crippen molar-refractivity contribution in [3.8, 4) is 23.0 Å². The predicted octanol–water partition coefficient (Wildman–Crippen LogP) is 2.93. The van der Waals surface area contributed by atoms with Crippen LogP contribution < -0.4 is 24.3 Å². The molecule has 0 saturated carbocycles. The van der Waals surface area contributed by atoms with E-state index in [1.165, 1.54) is 21.3 Å². The topological polar surface area (TPSA) is 86.3 Å². The molecular weight excluding hydrogens is 408 g/mol. The number of hydrogen-bond acceptors (Lipinski definition) is 7. The quantitative estimate of drug-likeness (QED) is 0.754. The van der Waals surface area contributed by atoms with Crippen LogP contribution in [0.3, 0.4) is 0 Å². The molecule has 9 heteroatoms. The summed E-state index contributed by atoms with van der Waals surface area (Å²) in [5.74, 6) is 1.97. The van der Waals surface area contributed by atoms with E-state index in [2.05, 4.69) is 5.32 Å². The van der Waals surface area contributed by atoms with E-state index in [4.69, 9.17) is 18.9 Å². The number of benzene rings is 2. The van der Waals surface area contributed by atoms with Crippen LogP contribution in [0.5, 0.6) is 23.0 Å². The van der Waals surface area contributed by atoms with Gasteiger partial charge in [0, 0.05) is 23.1 Å². The lowest BCUT2D eigenvalue weighted by Gasteiger charge is -2.22. The smallest absolute Gasteiger partial charge is 0.260 e. The number of ether oxygens (including phenoxy) is 4. The summed E-state index contributed by atoms with van der Waals surface area (Å²) in [6, 6.07) is 8.17. The molecule has 1 N–H and O–H groups in total. The Morgan fingerprint density at radius 3 is 2.37 bits per heavy atom. The summed E-state index contributed by atoms with van der Waals surface area (Å²) < 4.78 is 21.3. The molecule has 2 aliphatic heterocycles. The Hall–Kier alpha value is -3.07. The van der Waals surface area contributed by atoms with Gasteiger partial charge in [0.05, 0.1) is 34.0 Å². The van der Waals surface area contributed by atoms with Gasteiger partial charge in [-0.3, -0.25) is 9.59 Å². The molecule has 2 heterocycles. The fourth-order valence-electron chi connectivity index (χ4n) is 3.83. The molecule has 0 unspecified atom stereocenters. The van der Waals surface area contributed by atoms with E-state index < -0.39 is 6.04 Å². The van der Waals surface area contributed by atoms with Crippen molar-refractivity contribution in [1.29, 1.82) is 0 Å². The van der Waals surface area contributed by atoms with Crippen molar-refractivity contribution < 1.29 is 28.5 Å². The van der Waals surface area contributed by atoms with Gasteiger partial charge in [-0.2, -0.15) is 0 Å². The lowest BCUT2D eigenvalue weighted by molar-refractivity contribution is -0.119. The van der Waals surface area contributed by atoms with Crippen LogP contribution in [0.4, 0.5) is 5.69 Å². The lowest BCUT2D eigenvalue weighted by Crippen LogP contribution is -2.42.